The van der Waals surface area contributed by atoms with Gasteiger partial charge in [-0.15, -0.1) is 0 Å². The van der Waals surface area contributed by atoms with Crippen molar-refractivity contribution in [2.75, 3.05) is 0 Å². The van der Waals surface area contributed by atoms with Gasteiger partial charge >= 0.3 is 5.97 Å². The Labute approximate surface area is 110 Å². The summed E-state index contributed by atoms with van der Waals surface area (Å²) >= 11 is 9.25. The second-order valence-corrected chi connectivity index (χ2v) is 4.66. The summed E-state index contributed by atoms with van der Waals surface area (Å²) in [6, 6.07) is 1.67. The Bertz CT molecular complexity index is 597. The third-order valence-corrected chi connectivity index (χ3v) is 2.85. The monoisotopic (exact) mass is 315 g/mol. The molecule has 1 N–H and O–H groups in total. The van der Waals surface area contributed by atoms with Gasteiger partial charge in [-0.1, -0.05) is 11.6 Å². The van der Waals surface area contributed by atoms with E-state index in [-0.39, 0.29) is 5.56 Å². The number of carbonyl (C=O) groups is 1. The van der Waals surface area contributed by atoms with Crippen LogP contribution in [0.2, 0.25) is 5.02 Å². The first-order valence-corrected chi connectivity index (χ1v) is 5.77. The van der Waals surface area contributed by atoms with Gasteiger partial charge in [-0.2, -0.15) is 5.10 Å². The number of hydrogen-bond donors (Lipinski definition) is 1. The van der Waals surface area contributed by atoms with Crippen molar-refractivity contribution in [1.82, 2.24) is 14.8 Å². The van der Waals surface area contributed by atoms with Gasteiger partial charge in [0.25, 0.3) is 0 Å². The van der Waals surface area contributed by atoms with E-state index >= 15 is 0 Å². The van der Waals surface area contributed by atoms with Crippen LogP contribution in [-0.4, -0.2) is 25.8 Å². The largest absolute Gasteiger partial charge is 0.478 e. The van der Waals surface area contributed by atoms with Gasteiger partial charge in [-0.05, 0) is 28.9 Å². The van der Waals surface area contributed by atoms with Gasteiger partial charge < -0.3 is 5.11 Å². The van der Waals surface area contributed by atoms with Gasteiger partial charge in [0.15, 0.2) is 5.82 Å². The summed E-state index contributed by atoms with van der Waals surface area (Å²) in [5.74, 6) is -0.632. The quantitative estimate of drug-likeness (QED) is 0.925. The van der Waals surface area contributed by atoms with Gasteiger partial charge in [0.2, 0.25) is 0 Å². The lowest BCUT2D eigenvalue weighted by Crippen LogP contribution is -1.99. The average Bonchev–Trinajstić information content (AvgIpc) is 2.60. The van der Waals surface area contributed by atoms with Crippen LogP contribution in [0.25, 0.3) is 5.82 Å². The summed E-state index contributed by atoms with van der Waals surface area (Å²) in [6.07, 6.45) is 2.96. The molecule has 2 aromatic rings. The highest BCUT2D eigenvalue weighted by Crippen LogP contribution is 2.22. The first-order valence-electron chi connectivity index (χ1n) is 4.60. The average molecular weight is 317 g/mol. The molecule has 2 rings (SSSR count). The molecule has 0 saturated heterocycles. The van der Waals surface area contributed by atoms with Gasteiger partial charge in [0.05, 0.1) is 10.7 Å². The minimum absolute atomic E-state index is 0.130. The molecule has 0 aliphatic rings. The third kappa shape index (κ3) is 2.32. The molecule has 0 fully saturated rings. The molecule has 0 amide bonds. The predicted molar refractivity (Wildman–Crippen MR) is 65.8 cm³/mol. The number of carboxylic acid groups (broad SMARTS) is 1. The van der Waals surface area contributed by atoms with E-state index in [9.17, 15) is 4.79 Å². The minimum atomic E-state index is -1.03. The number of rotatable bonds is 2. The molecule has 0 bridgehead atoms. The molecule has 0 spiro atoms. The fourth-order valence-electron chi connectivity index (χ4n) is 1.35. The fraction of sp³-hybridized carbons (Fsp3) is 0.100. The van der Waals surface area contributed by atoms with E-state index in [1.54, 1.807) is 19.2 Å². The van der Waals surface area contributed by atoms with E-state index in [0.717, 1.165) is 4.47 Å². The summed E-state index contributed by atoms with van der Waals surface area (Å²) in [5.41, 5.74) is 0.545. The molecule has 0 unspecified atom stereocenters. The van der Waals surface area contributed by atoms with Gasteiger partial charge in [0.1, 0.15) is 5.56 Å². The van der Waals surface area contributed by atoms with Crippen molar-refractivity contribution < 1.29 is 9.90 Å². The van der Waals surface area contributed by atoms with Crippen molar-refractivity contribution in [3.63, 3.8) is 0 Å². The van der Waals surface area contributed by atoms with Crippen molar-refractivity contribution in [2.24, 2.45) is 0 Å². The Morgan fingerprint density at radius 3 is 2.82 bits per heavy atom. The lowest BCUT2D eigenvalue weighted by Gasteiger charge is -2.02. The zero-order valence-electron chi connectivity index (χ0n) is 8.69. The van der Waals surface area contributed by atoms with E-state index in [1.165, 1.54) is 10.9 Å². The molecule has 0 aliphatic carbocycles. The minimum Gasteiger partial charge on any atom is -0.478 e. The molecule has 2 heterocycles. The maximum absolute atomic E-state index is 10.9. The third-order valence-electron chi connectivity index (χ3n) is 2.13. The van der Waals surface area contributed by atoms with Crippen LogP contribution in [0, 0.1) is 6.92 Å². The molecule has 0 atom stereocenters. The molecule has 0 aromatic carbocycles. The second kappa shape index (κ2) is 4.46. The fourth-order valence-corrected chi connectivity index (χ4v) is 2.07. The van der Waals surface area contributed by atoms with Crippen LogP contribution in [-0.2, 0) is 0 Å². The van der Waals surface area contributed by atoms with Crippen molar-refractivity contribution in [1.29, 1.82) is 0 Å². The summed E-state index contributed by atoms with van der Waals surface area (Å²) in [4.78, 5) is 15.0. The number of aromatic carboxylic acids is 1. The summed E-state index contributed by atoms with van der Waals surface area (Å²) < 4.78 is 2.10. The molecule has 2 aromatic heterocycles. The highest BCUT2D eigenvalue weighted by Gasteiger charge is 2.14. The Morgan fingerprint density at radius 2 is 2.29 bits per heavy atom. The first-order chi connectivity index (χ1) is 7.99. The number of carboxylic acids is 1. The number of aryl methyl sites for hydroxylation is 1. The van der Waals surface area contributed by atoms with Crippen molar-refractivity contribution >= 4 is 33.5 Å². The Morgan fingerprint density at radius 1 is 1.59 bits per heavy atom. The standard InChI is InChI=1S/C10H7BrClN3O2/c1-5-7(10(16)17)4-15(14-5)9-8(12)2-6(11)3-13-9/h2-4H,1H3,(H,16,17). The summed E-state index contributed by atoms with van der Waals surface area (Å²) in [5, 5.41) is 13.4. The lowest BCUT2D eigenvalue weighted by molar-refractivity contribution is 0.0696. The van der Waals surface area contributed by atoms with Gasteiger partial charge in [-0.25, -0.2) is 14.5 Å². The van der Waals surface area contributed by atoms with Crippen LogP contribution in [0.15, 0.2) is 22.9 Å². The number of aromatic nitrogens is 3. The molecule has 5 nitrogen and oxygen atoms in total. The number of nitrogens with zero attached hydrogens (tertiary/aromatic N) is 3. The maximum Gasteiger partial charge on any atom is 0.339 e. The molecule has 7 heteroatoms. The van der Waals surface area contributed by atoms with Crippen molar-refractivity contribution in [3.05, 3.63) is 39.2 Å². The van der Waals surface area contributed by atoms with Crippen LogP contribution in [0.5, 0.6) is 0 Å². The molecule has 17 heavy (non-hydrogen) atoms. The topological polar surface area (TPSA) is 68.0 Å². The predicted octanol–water partition coefficient (Wildman–Crippen LogP) is 2.69. The van der Waals surface area contributed by atoms with E-state index in [4.69, 9.17) is 16.7 Å². The van der Waals surface area contributed by atoms with Crippen LogP contribution >= 0.6 is 27.5 Å². The Hall–Kier alpha value is -1.40. The van der Waals surface area contributed by atoms with Crippen LogP contribution in [0.1, 0.15) is 16.1 Å². The van der Waals surface area contributed by atoms with Crippen molar-refractivity contribution in [3.8, 4) is 5.82 Å². The van der Waals surface area contributed by atoms with Gasteiger partial charge in [-0.3, -0.25) is 0 Å². The summed E-state index contributed by atoms with van der Waals surface area (Å²) in [7, 11) is 0. The molecular weight excluding hydrogens is 309 g/mol. The number of hydrogen-bond acceptors (Lipinski definition) is 3. The SMILES string of the molecule is Cc1nn(-c2ncc(Br)cc2Cl)cc1C(=O)O. The van der Waals surface area contributed by atoms with E-state index < -0.39 is 5.97 Å². The first kappa shape index (κ1) is 12.1. The van der Waals surface area contributed by atoms with Crippen LogP contribution in [0.3, 0.4) is 0 Å². The Kier molecular flexibility index (Phi) is 3.17. The molecule has 88 valence electrons. The second-order valence-electron chi connectivity index (χ2n) is 3.34. The van der Waals surface area contributed by atoms with Crippen molar-refractivity contribution in [2.45, 2.75) is 6.92 Å². The highest BCUT2D eigenvalue weighted by atomic mass is 79.9. The lowest BCUT2D eigenvalue weighted by atomic mass is 10.3. The zero-order valence-corrected chi connectivity index (χ0v) is 11.0. The number of pyridine rings is 1. The van der Waals surface area contributed by atoms with Crippen LogP contribution in [0.4, 0.5) is 0 Å². The molecule has 0 radical (unpaired) electrons. The summed E-state index contributed by atoms with van der Waals surface area (Å²) in [6.45, 7) is 1.62. The normalized spacial score (nSPS) is 10.5. The highest BCUT2D eigenvalue weighted by molar-refractivity contribution is 9.10. The maximum atomic E-state index is 10.9. The molecule has 0 saturated carbocycles. The van der Waals surface area contributed by atoms with E-state index in [2.05, 4.69) is 26.0 Å². The molecular formula is C10H7BrClN3O2. The smallest absolute Gasteiger partial charge is 0.339 e. The molecule has 0 aliphatic heterocycles. The van der Waals surface area contributed by atoms with E-state index in [0.29, 0.717) is 16.5 Å². The Balaban J connectivity index is 2.53. The van der Waals surface area contributed by atoms with E-state index in [1.807, 2.05) is 0 Å². The zero-order chi connectivity index (χ0) is 12.6. The van der Waals surface area contributed by atoms with Crippen LogP contribution < -0.4 is 0 Å². The number of halogens is 2. The van der Waals surface area contributed by atoms with Gasteiger partial charge in [0, 0.05) is 16.9 Å².